The number of nitrogens with two attached hydrogens (primary N) is 1. The third kappa shape index (κ3) is 25.4. The van der Waals surface area contributed by atoms with Crippen LogP contribution in [0.25, 0.3) is 0 Å². The summed E-state index contributed by atoms with van der Waals surface area (Å²) in [5.74, 6) is -1.20. The molecule has 19 heteroatoms. The van der Waals surface area contributed by atoms with Gasteiger partial charge >= 0.3 is 27.6 Å². The van der Waals surface area contributed by atoms with Crippen LogP contribution >= 0.6 is 15.6 Å². The van der Waals surface area contributed by atoms with Crippen LogP contribution in [-0.2, 0) is 41.8 Å². The number of unbranched alkanes of at least 4 members (excludes halogenated alkanes) is 20. The molecular weight excluding hydrogens is 776 g/mol. The van der Waals surface area contributed by atoms with Crippen LogP contribution in [0.15, 0.2) is 0 Å². The Morgan fingerprint density at radius 2 is 0.929 bits per heavy atom. The molecule has 0 amide bonds. The van der Waals surface area contributed by atoms with Gasteiger partial charge in [-0.2, -0.15) is 0 Å². The van der Waals surface area contributed by atoms with E-state index in [0.29, 0.717) is 19.4 Å². The number of aliphatic hydroxyl groups is 4. The van der Waals surface area contributed by atoms with Crippen LogP contribution in [0, 0.1) is 0 Å². The first-order valence-corrected chi connectivity index (χ1v) is 23.8. The van der Waals surface area contributed by atoms with Crippen molar-refractivity contribution in [3.05, 3.63) is 0 Å². The Balaban J connectivity index is 2.63. The molecule has 0 aromatic heterocycles. The Hall–Kier alpha value is -1.04. The molecule has 4 unspecified atom stereocenters. The average Bonchev–Trinajstić information content (AvgIpc) is 3.14. The van der Waals surface area contributed by atoms with Gasteiger partial charge in [-0.25, -0.2) is 9.13 Å². The van der Waals surface area contributed by atoms with Crippen molar-refractivity contribution in [1.29, 1.82) is 0 Å². The summed E-state index contributed by atoms with van der Waals surface area (Å²) < 4.78 is 48.9. The minimum Gasteiger partial charge on any atom is -0.462 e. The number of aliphatic hydroxyl groups excluding tert-OH is 4. The first kappa shape index (κ1) is 53.0. The molecule has 9 N–H and O–H groups in total. The third-order valence-electron chi connectivity index (χ3n) is 9.78. The van der Waals surface area contributed by atoms with Crippen molar-refractivity contribution in [1.82, 2.24) is 0 Å². The summed E-state index contributed by atoms with van der Waals surface area (Å²) >= 11 is 0. The summed E-state index contributed by atoms with van der Waals surface area (Å²) in [6.07, 6.45) is 9.08. The van der Waals surface area contributed by atoms with Crippen LogP contribution < -0.4 is 5.73 Å². The highest BCUT2D eigenvalue weighted by Gasteiger charge is 2.54. The van der Waals surface area contributed by atoms with E-state index in [1.807, 2.05) is 0 Å². The maximum absolute atomic E-state index is 12.9. The fraction of sp³-hybridized carbons (Fsp3) is 0.946. The fourth-order valence-electron chi connectivity index (χ4n) is 6.51. The van der Waals surface area contributed by atoms with Gasteiger partial charge in [0.15, 0.2) is 6.10 Å². The summed E-state index contributed by atoms with van der Waals surface area (Å²) in [6.45, 7) is 1.60. The number of rotatable bonds is 35. The summed E-state index contributed by atoms with van der Waals surface area (Å²) in [7, 11) is -10.6. The average molecular weight is 850 g/mol. The van der Waals surface area contributed by atoms with E-state index in [1.54, 1.807) is 0 Å². The summed E-state index contributed by atoms with van der Waals surface area (Å²) in [5, 5.41) is 41.3. The monoisotopic (exact) mass is 849 g/mol. The molecule has 0 saturated heterocycles. The minimum absolute atomic E-state index is 0.0522. The van der Waals surface area contributed by atoms with E-state index in [2.05, 4.69) is 11.4 Å². The van der Waals surface area contributed by atoms with Gasteiger partial charge in [0.2, 0.25) is 0 Å². The molecule has 1 fully saturated rings. The van der Waals surface area contributed by atoms with E-state index < -0.39 is 83.5 Å². The second-order valence-corrected chi connectivity index (χ2v) is 17.5. The van der Waals surface area contributed by atoms with Gasteiger partial charge in [0.1, 0.15) is 43.2 Å². The van der Waals surface area contributed by atoms with Crippen LogP contribution in [0.5, 0.6) is 0 Å². The largest absolute Gasteiger partial charge is 0.472 e. The number of phosphoric acid groups is 2. The first-order valence-electron chi connectivity index (χ1n) is 20.8. The first-order chi connectivity index (χ1) is 26.6. The second-order valence-electron chi connectivity index (χ2n) is 14.9. The Morgan fingerprint density at radius 3 is 1.34 bits per heavy atom. The molecule has 0 aromatic rings. The molecule has 0 aromatic carbocycles. The van der Waals surface area contributed by atoms with Crippen molar-refractivity contribution in [2.24, 2.45) is 5.73 Å². The molecule has 332 valence electrons. The smallest absolute Gasteiger partial charge is 0.462 e. The molecule has 1 rings (SSSR count). The van der Waals surface area contributed by atoms with Gasteiger partial charge in [-0.05, 0) is 25.8 Å². The van der Waals surface area contributed by atoms with Crippen molar-refractivity contribution >= 4 is 27.6 Å². The quantitative estimate of drug-likeness (QED) is 0.0230. The van der Waals surface area contributed by atoms with Gasteiger partial charge in [0.25, 0.3) is 0 Å². The Labute approximate surface area is 333 Å². The Bertz CT molecular complexity index is 1110. The molecular formula is C37H73NO16P2. The molecule has 1 aliphatic carbocycles. The van der Waals surface area contributed by atoms with Gasteiger partial charge in [-0.1, -0.05) is 129 Å². The van der Waals surface area contributed by atoms with Crippen LogP contribution in [-0.4, -0.2) is 110 Å². The van der Waals surface area contributed by atoms with E-state index >= 15 is 0 Å². The molecule has 0 aliphatic heterocycles. The van der Waals surface area contributed by atoms with Crippen LogP contribution in [0.1, 0.15) is 161 Å². The predicted octanol–water partition coefficient (Wildman–Crippen LogP) is 5.22. The van der Waals surface area contributed by atoms with Crippen molar-refractivity contribution in [3.8, 4) is 0 Å². The molecule has 0 heterocycles. The lowest BCUT2D eigenvalue weighted by Gasteiger charge is -2.43. The van der Waals surface area contributed by atoms with Gasteiger partial charge in [-0.15, -0.1) is 0 Å². The highest BCUT2D eigenvalue weighted by atomic mass is 31.2. The molecule has 0 bridgehead atoms. The Morgan fingerprint density at radius 1 is 0.554 bits per heavy atom. The number of phosphoric ester groups is 2. The number of carbonyl (C=O) groups is 2. The van der Waals surface area contributed by atoms with Gasteiger partial charge < -0.3 is 50.3 Å². The van der Waals surface area contributed by atoms with Gasteiger partial charge in [0.05, 0.1) is 6.61 Å². The minimum atomic E-state index is -5.30. The van der Waals surface area contributed by atoms with Crippen molar-refractivity contribution in [3.63, 3.8) is 0 Å². The van der Waals surface area contributed by atoms with E-state index in [9.17, 15) is 44.0 Å². The van der Waals surface area contributed by atoms with E-state index in [4.69, 9.17) is 34.0 Å². The summed E-state index contributed by atoms with van der Waals surface area (Å²) in [5.41, 5.74) is 5.52. The van der Waals surface area contributed by atoms with Crippen LogP contribution in [0.4, 0.5) is 0 Å². The molecule has 1 aliphatic rings. The third-order valence-corrected chi connectivity index (χ3v) is 11.3. The topological polar surface area (TPSA) is 282 Å². The number of carbonyl (C=O) groups excluding carboxylic acids is 2. The highest BCUT2D eigenvalue weighted by molar-refractivity contribution is 7.47. The number of hydrogen-bond donors (Lipinski definition) is 8. The van der Waals surface area contributed by atoms with Gasteiger partial charge in [-0.3, -0.25) is 23.2 Å². The predicted molar refractivity (Wildman–Crippen MR) is 208 cm³/mol. The molecule has 56 heavy (non-hydrogen) atoms. The zero-order valence-corrected chi connectivity index (χ0v) is 35.2. The molecule has 17 nitrogen and oxygen atoms in total. The Kier molecular flexibility index (Phi) is 29.3. The zero-order chi connectivity index (χ0) is 41.8. The molecule has 1 saturated carbocycles. The normalized spacial score (nSPS) is 23.1. The molecule has 8 atom stereocenters. The maximum atomic E-state index is 12.9. The lowest BCUT2D eigenvalue weighted by Crippen LogP contribution is -2.64. The number of hydrogen-bond acceptors (Lipinski definition) is 14. The van der Waals surface area contributed by atoms with E-state index in [-0.39, 0.29) is 12.8 Å². The van der Waals surface area contributed by atoms with Crippen molar-refractivity contribution < 1.29 is 76.9 Å². The lowest BCUT2D eigenvalue weighted by atomic mass is 9.85. The molecule has 0 spiro atoms. The van der Waals surface area contributed by atoms with Gasteiger partial charge in [0, 0.05) is 12.8 Å². The number of esters is 2. The zero-order valence-electron chi connectivity index (χ0n) is 33.4. The van der Waals surface area contributed by atoms with E-state index in [0.717, 1.165) is 77.0 Å². The van der Waals surface area contributed by atoms with Crippen molar-refractivity contribution in [2.45, 2.75) is 204 Å². The fourth-order valence-corrected chi connectivity index (χ4v) is 8.05. The summed E-state index contributed by atoms with van der Waals surface area (Å²) in [4.78, 5) is 53.7. The number of ether oxygens (including phenoxy) is 2. The highest BCUT2D eigenvalue weighted by Crippen LogP contribution is 2.48. The maximum Gasteiger partial charge on any atom is 0.472 e. The lowest BCUT2D eigenvalue weighted by molar-refractivity contribution is -0.216. The van der Waals surface area contributed by atoms with Crippen molar-refractivity contribution in [2.75, 3.05) is 19.8 Å². The SMILES string of the molecule is CCCCCCCCCCCCCCCC(=O)O[C@H](COC(=O)CCCCCCCCCCCN)COP(=O)(O)OC1C(O)[C@@H](O)C(OP(=O)(O)O)[C@@H](O)[C@H]1O. The van der Waals surface area contributed by atoms with E-state index in [1.165, 1.54) is 51.4 Å². The van der Waals surface area contributed by atoms with Crippen LogP contribution in [0.3, 0.4) is 0 Å². The molecule has 0 radical (unpaired) electrons. The summed E-state index contributed by atoms with van der Waals surface area (Å²) in [6, 6.07) is 0. The second kappa shape index (κ2) is 30.9. The standard InChI is InChI=1S/C37H73NO16P2/c1-2-3-4-5-6-7-8-9-10-12-16-19-22-25-31(40)52-29(27-50-30(39)24-21-18-15-13-11-14-17-20-23-26-38)28-51-56(48,49)54-37-34(43)32(41)36(33(42)35(37)44)53-55(45,46)47/h29,32-37,41-44H,2-28,38H2,1H3,(H,48,49)(H2,45,46,47)/t29-,32-,33+,34?,35-,36?,37?/m1/s1. The van der Waals surface area contributed by atoms with Crippen LogP contribution in [0.2, 0.25) is 0 Å².